The van der Waals surface area contributed by atoms with Crippen LogP contribution in [0.4, 0.5) is 5.82 Å². The van der Waals surface area contributed by atoms with Crippen LogP contribution < -0.4 is 4.90 Å². The number of hydrogen-bond acceptors (Lipinski definition) is 4. The predicted octanol–water partition coefficient (Wildman–Crippen LogP) is 3.39. The zero-order chi connectivity index (χ0) is 14.9. The number of hydrogen-bond donors (Lipinski definition) is 1. The normalized spacial score (nSPS) is 18.8. The maximum Gasteiger partial charge on any atom is 0.144 e. The number of pyridine rings is 1. The van der Waals surface area contributed by atoms with Gasteiger partial charge in [0, 0.05) is 31.4 Å². The number of halogens is 1. The largest absolute Gasteiger partial charge is 0.355 e. The van der Waals surface area contributed by atoms with Crippen molar-refractivity contribution in [3.8, 4) is 0 Å². The minimum absolute atomic E-state index is 0.488. The van der Waals surface area contributed by atoms with E-state index in [2.05, 4.69) is 30.9 Å². The van der Waals surface area contributed by atoms with Crippen molar-refractivity contribution in [2.24, 2.45) is 0 Å². The van der Waals surface area contributed by atoms with Crippen molar-refractivity contribution in [1.29, 1.82) is 0 Å². The zero-order valence-corrected chi connectivity index (χ0v) is 12.8. The molecule has 4 rings (SSSR count). The molecule has 5 nitrogen and oxygen atoms in total. The smallest absolute Gasteiger partial charge is 0.144 e. The molecule has 22 heavy (non-hydrogen) atoms. The van der Waals surface area contributed by atoms with Gasteiger partial charge in [0.2, 0.25) is 0 Å². The minimum Gasteiger partial charge on any atom is -0.355 e. The molecule has 1 N–H and O–H groups in total. The van der Waals surface area contributed by atoms with Crippen molar-refractivity contribution < 1.29 is 0 Å². The maximum absolute atomic E-state index is 6.07. The van der Waals surface area contributed by atoms with E-state index in [9.17, 15) is 0 Å². The first-order valence-electron chi connectivity index (χ1n) is 7.45. The number of nitrogens with zero attached hydrogens (tertiary/aromatic N) is 4. The molecule has 1 atom stereocenters. The fourth-order valence-electron chi connectivity index (χ4n) is 3.21. The van der Waals surface area contributed by atoms with E-state index in [0.29, 0.717) is 11.1 Å². The van der Waals surface area contributed by atoms with Crippen LogP contribution in [0.15, 0.2) is 36.9 Å². The second-order valence-corrected chi connectivity index (χ2v) is 6.06. The topological polar surface area (TPSA) is 57.7 Å². The molecular formula is C16H16ClN5. The Bertz CT molecular complexity index is 786. The van der Waals surface area contributed by atoms with Crippen LogP contribution in [0.1, 0.15) is 24.3 Å². The average Bonchev–Trinajstić information content (AvgIpc) is 2.96. The fraction of sp³-hybridized carbons (Fsp3) is 0.312. The number of nitrogens with one attached hydrogen (secondary N) is 1. The molecule has 3 aromatic heterocycles. The standard InChI is InChI=1S/C16H16ClN5/c17-14-7-13-15(21-14)19-10-20-16(13)22-6-2-4-12(9-22)11-3-1-5-18-8-11/h1,3,5,7-8,10,12H,2,4,6,9H2,(H,19,20,21). The minimum atomic E-state index is 0.488. The highest BCUT2D eigenvalue weighted by Gasteiger charge is 2.24. The lowest BCUT2D eigenvalue weighted by atomic mass is 9.91. The van der Waals surface area contributed by atoms with Crippen LogP contribution in [0.5, 0.6) is 0 Å². The van der Waals surface area contributed by atoms with E-state index in [1.165, 1.54) is 12.0 Å². The Labute approximate surface area is 133 Å². The second kappa shape index (κ2) is 5.57. The van der Waals surface area contributed by atoms with Gasteiger partial charge in [-0.15, -0.1) is 0 Å². The molecule has 1 aliphatic heterocycles. The molecule has 112 valence electrons. The van der Waals surface area contributed by atoms with Gasteiger partial charge < -0.3 is 9.88 Å². The van der Waals surface area contributed by atoms with Crippen molar-refractivity contribution >= 4 is 28.5 Å². The molecule has 3 aromatic rings. The number of fused-ring (bicyclic) bond motifs is 1. The predicted molar refractivity (Wildman–Crippen MR) is 87.3 cm³/mol. The Morgan fingerprint density at radius 2 is 2.27 bits per heavy atom. The van der Waals surface area contributed by atoms with Gasteiger partial charge in [-0.25, -0.2) is 9.97 Å². The lowest BCUT2D eigenvalue weighted by Gasteiger charge is -2.33. The molecule has 6 heteroatoms. The molecule has 0 radical (unpaired) electrons. The van der Waals surface area contributed by atoms with Gasteiger partial charge in [0.05, 0.1) is 5.39 Å². The molecule has 0 aromatic carbocycles. The summed E-state index contributed by atoms with van der Waals surface area (Å²) in [7, 11) is 0. The Morgan fingerprint density at radius 3 is 3.14 bits per heavy atom. The van der Waals surface area contributed by atoms with E-state index in [0.717, 1.165) is 36.4 Å². The van der Waals surface area contributed by atoms with Crippen LogP contribution in [0.3, 0.4) is 0 Å². The summed E-state index contributed by atoms with van der Waals surface area (Å²) in [5.41, 5.74) is 2.09. The average molecular weight is 314 g/mol. The summed E-state index contributed by atoms with van der Waals surface area (Å²) in [6.07, 6.45) is 7.71. The Hall–Kier alpha value is -2.14. The second-order valence-electron chi connectivity index (χ2n) is 5.65. The molecule has 0 bridgehead atoms. The van der Waals surface area contributed by atoms with Gasteiger partial charge in [-0.2, -0.15) is 0 Å². The van der Waals surface area contributed by atoms with Crippen LogP contribution in [-0.4, -0.2) is 33.0 Å². The third-order valence-corrected chi connectivity index (χ3v) is 4.45. The van der Waals surface area contributed by atoms with E-state index in [-0.39, 0.29) is 0 Å². The van der Waals surface area contributed by atoms with E-state index < -0.39 is 0 Å². The summed E-state index contributed by atoms with van der Waals surface area (Å²) >= 11 is 6.07. The summed E-state index contributed by atoms with van der Waals surface area (Å²) in [6, 6.07) is 6.06. The molecule has 1 aliphatic rings. The number of piperidine rings is 1. The van der Waals surface area contributed by atoms with Gasteiger partial charge in [0.1, 0.15) is 22.9 Å². The van der Waals surface area contributed by atoms with Crippen molar-refractivity contribution in [3.63, 3.8) is 0 Å². The first kappa shape index (κ1) is 13.5. The van der Waals surface area contributed by atoms with Gasteiger partial charge in [0.25, 0.3) is 0 Å². The van der Waals surface area contributed by atoms with E-state index >= 15 is 0 Å². The van der Waals surface area contributed by atoms with Gasteiger partial charge >= 0.3 is 0 Å². The molecule has 0 saturated carbocycles. The Morgan fingerprint density at radius 1 is 1.32 bits per heavy atom. The fourth-order valence-corrected chi connectivity index (χ4v) is 3.40. The lowest BCUT2D eigenvalue weighted by Crippen LogP contribution is -2.35. The lowest BCUT2D eigenvalue weighted by molar-refractivity contribution is 0.507. The van der Waals surface area contributed by atoms with Crippen LogP contribution in [0.25, 0.3) is 11.0 Å². The molecule has 0 spiro atoms. The molecule has 1 saturated heterocycles. The SMILES string of the molecule is Clc1cc2c(N3CCCC(c4cccnc4)C3)ncnc2[nH]1. The summed E-state index contributed by atoms with van der Waals surface area (Å²) in [5.74, 6) is 1.45. The number of rotatable bonds is 2. The van der Waals surface area contributed by atoms with Gasteiger partial charge in [-0.3, -0.25) is 4.98 Å². The number of aromatic nitrogens is 4. The number of aromatic amines is 1. The van der Waals surface area contributed by atoms with Gasteiger partial charge in [-0.05, 0) is 30.5 Å². The van der Waals surface area contributed by atoms with Crippen LogP contribution in [0.2, 0.25) is 5.15 Å². The van der Waals surface area contributed by atoms with E-state index in [1.807, 2.05) is 24.5 Å². The van der Waals surface area contributed by atoms with Crippen molar-refractivity contribution in [3.05, 3.63) is 47.6 Å². The van der Waals surface area contributed by atoms with Gasteiger partial charge in [-0.1, -0.05) is 17.7 Å². The van der Waals surface area contributed by atoms with Crippen LogP contribution >= 0.6 is 11.6 Å². The zero-order valence-electron chi connectivity index (χ0n) is 12.0. The van der Waals surface area contributed by atoms with Crippen molar-refractivity contribution in [2.75, 3.05) is 18.0 Å². The molecule has 0 amide bonds. The quantitative estimate of drug-likeness (QED) is 0.788. The monoisotopic (exact) mass is 313 g/mol. The van der Waals surface area contributed by atoms with Crippen molar-refractivity contribution in [1.82, 2.24) is 19.9 Å². The molecule has 1 unspecified atom stereocenters. The van der Waals surface area contributed by atoms with Gasteiger partial charge in [0.15, 0.2) is 0 Å². The number of anilines is 1. The Kier molecular flexibility index (Phi) is 3.42. The highest BCUT2D eigenvalue weighted by Crippen LogP contribution is 2.32. The highest BCUT2D eigenvalue weighted by molar-refractivity contribution is 6.30. The molecule has 0 aliphatic carbocycles. The van der Waals surface area contributed by atoms with E-state index in [4.69, 9.17) is 11.6 Å². The molecular weight excluding hydrogens is 298 g/mol. The summed E-state index contributed by atoms with van der Waals surface area (Å²) in [4.78, 5) is 18.4. The first-order valence-corrected chi connectivity index (χ1v) is 7.83. The first-order chi connectivity index (χ1) is 10.8. The van der Waals surface area contributed by atoms with Crippen molar-refractivity contribution in [2.45, 2.75) is 18.8 Å². The molecule has 1 fully saturated rings. The van der Waals surface area contributed by atoms with Crippen LogP contribution in [-0.2, 0) is 0 Å². The molecule has 4 heterocycles. The van der Waals surface area contributed by atoms with E-state index in [1.54, 1.807) is 6.33 Å². The maximum atomic E-state index is 6.07. The summed E-state index contributed by atoms with van der Waals surface area (Å²) in [5, 5.41) is 1.58. The Balaban J connectivity index is 1.67. The third-order valence-electron chi connectivity index (χ3n) is 4.25. The van der Waals surface area contributed by atoms with Crippen LogP contribution in [0, 0.1) is 0 Å². The number of H-pyrrole nitrogens is 1. The summed E-state index contributed by atoms with van der Waals surface area (Å²) in [6.45, 7) is 1.95. The summed E-state index contributed by atoms with van der Waals surface area (Å²) < 4.78 is 0. The highest BCUT2D eigenvalue weighted by atomic mass is 35.5. The third kappa shape index (κ3) is 2.41.